The summed E-state index contributed by atoms with van der Waals surface area (Å²) in [6, 6.07) is 0. The van der Waals surface area contributed by atoms with Crippen LogP contribution in [-0.2, 0) is 0 Å². The maximum Gasteiger partial charge on any atom is 0.0703 e. The molecule has 2 rings (SSSR count). The molecule has 14 heavy (non-hydrogen) atoms. The van der Waals surface area contributed by atoms with Crippen molar-refractivity contribution in [2.45, 2.75) is 61.5 Å². The molecule has 2 nitrogen and oxygen atoms in total. The van der Waals surface area contributed by atoms with Crippen molar-refractivity contribution in [3.8, 4) is 0 Å². The maximum absolute atomic E-state index is 8.87. The first-order chi connectivity index (χ1) is 6.61. The summed E-state index contributed by atoms with van der Waals surface area (Å²) in [5, 5.41) is 17.8. The highest BCUT2D eigenvalue weighted by molar-refractivity contribution is 6.21. The van der Waals surface area contributed by atoms with E-state index in [1.807, 2.05) is 0 Å². The van der Waals surface area contributed by atoms with Gasteiger partial charge in [0.1, 0.15) is 0 Å². The Morgan fingerprint density at radius 2 is 1.07 bits per heavy atom. The quantitative estimate of drug-likeness (QED) is 0.639. The highest BCUT2D eigenvalue weighted by Gasteiger charge is 2.22. The van der Waals surface area contributed by atoms with E-state index in [4.69, 9.17) is 33.4 Å². The highest BCUT2D eigenvalue weighted by atomic mass is 35.5. The Bertz CT molecular complexity index is 132. The van der Waals surface area contributed by atoms with Crippen molar-refractivity contribution in [2.24, 2.45) is 0 Å². The van der Waals surface area contributed by atoms with Gasteiger partial charge in [0.25, 0.3) is 0 Å². The van der Waals surface area contributed by atoms with Crippen LogP contribution in [-0.4, -0.2) is 33.2 Å². The van der Waals surface area contributed by atoms with Crippen molar-refractivity contribution in [1.82, 2.24) is 0 Å². The molecule has 0 saturated heterocycles. The third kappa shape index (κ3) is 3.93. The second-order valence-electron chi connectivity index (χ2n) is 4.03. The summed E-state index contributed by atoms with van der Waals surface area (Å²) >= 11 is 11.2. The van der Waals surface area contributed by atoms with Crippen molar-refractivity contribution in [3.63, 3.8) is 0 Å². The van der Waals surface area contributed by atoms with Gasteiger partial charge in [-0.25, -0.2) is 0 Å². The van der Waals surface area contributed by atoms with Gasteiger partial charge in [0.15, 0.2) is 0 Å². The van der Waals surface area contributed by atoms with Gasteiger partial charge < -0.3 is 10.2 Å². The van der Waals surface area contributed by atoms with Gasteiger partial charge in [-0.1, -0.05) is 0 Å². The molecule has 2 N–H and O–H groups in total. The lowest BCUT2D eigenvalue weighted by Gasteiger charge is -2.01. The topological polar surface area (TPSA) is 40.5 Å². The van der Waals surface area contributed by atoms with Gasteiger partial charge >= 0.3 is 0 Å². The third-order valence-electron chi connectivity index (χ3n) is 2.79. The van der Waals surface area contributed by atoms with E-state index in [1.165, 1.54) is 0 Å². The Hall–Kier alpha value is 0.500. The van der Waals surface area contributed by atoms with Crippen LogP contribution in [0.2, 0.25) is 0 Å². The van der Waals surface area contributed by atoms with Crippen molar-refractivity contribution in [2.75, 3.05) is 0 Å². The standard InChI is InChI=1S/2C5H9ClO/c2*6-4-2-1-3-5(4)7/h2*4-5,7H,1-3H2/t2*4-,5-/m10/s1. The SMILES string of the molecule is O[C@@H]1CCC[C@H]1Cl.O[C@H]1CCC[C@@H]1Cl. The number of rotatable bonds is 0. The van der Waals surface area contributed by atoms with E-state index < -0.39 is 0 Å². The first-order valence-electron chi connectivity index (χ1n) is 5.25. The lowest BCUT2D eigenvalue weighted by Crippen LogP contribution is -2.11. The fourth-order valence-corrected chi connectivity index (χ4v) is 2.35. The molecule has 0 heterocycles. The summed E-state index contributed by atoms with van der Waals surface area (Å²) in [4.78, 5) is 0. The monoisotopic (exact) mass is 240 g/mol. The summed E-state index contributed by atoms with van der Waals surface area (Å²) in [6.07, 6.45) is 5.52. The zero-order chi connectivity index (χ0) is 10.6. The maximum atomic E-state index is 8.87. The molecule has 0 spiro atoms. The minimum atomic E-state index is -0.221. The van der Waals surface area contributed by atoms with Gasteiger partial charge in [-0.3, -0.25) is 0 Å². The fourth-order valence-electron chi connectivity index (χ4n) is 1.79. The highest BCUT2D eigenvalue weighted by Crippen LogP contribution is 2.23. The van der Waals surface area contributed by atoms with Crippen molar-refractivity contribution in [1.29, 1.82) is 0 Å². The number of hydrogen-bond acceptors (Lipinski definition) is 2. The van der Waals surface area contributed by atoms with Gasteiger partial charge in [-0.2, -0.15) is 0 Å². The van der Waals surface area contributed by atoms with Crippen molar-refractivity contribution in [3.05, 3.63) is 0 Å². The molecule has 2 aliphatic rings. The second kappa shape index (κ2) is 6.16. The molecule has 0 radical (unpaired) electrons. The smallest absolute Gasteiger partial charge is 0.0703 e. The van der Waals surface area contributed by atoms with Gasteiger partial charge in [0, 0.05) is 0 Å². The number of halogens is 2. The van der Waals surface area contributed by atoms with Crippen LogP contribution in [0.3, 0.4) is 0 Å². The number of hydrogen-bond donors (Lipinski definition) is 2. The Morgan fingerprint density at radius 3 is 1.14 bits per heavy atom. The molecule has 0 aromatic carbocycles. The van der Waals surface area contributed by atoms with Crippen LogP contribution in [0.25, 0.3) is 0 Å². The van der Waals surface area contributed by atoms with Crippen LogP contribution in [0, 0.1) is 0 Å². The van der Waals surface area contributed by atoms with E-state index in [2.05, 4.69) is 0 Å². The molecular formula is C10H18Cl2O2. The van der Waals surface area contributed by atoms with Crippen LogP contribution in [0.15, 0.2) is 0 Å². The Labute approximate surface area is 95.2 Å². The minimum Gasteiger partial charge on any atom is -0.392 e. The molecule has 0 bridgehead atoms. The fraction of sp³-hybridized carbons (Fsp3) is 1.00. The van der Waals surface area contributed by atoms with Gasteiger partial charge in [-0.05, 0) is 38.5 Å². The Balaban J connectivity index is 0.000000140. The number of alkyl halides is 2. The number of aliphatic hydroxyl groups is 2. The van der Waals surface area contributed by atoms with E-state index in [-0.39, 0.29) is 23.0 Å². The van der Waals surface area contributed by atoms with Crippen LogP contribution < -0.4 is 0 Å². The zero-order valence-corrected chi connectivity index (χ0v) is 9.71. The molecule has 4 heteroatoms. The summed E-state index contributed by atoms with van der Waals surface area (Å²) in [5.41, 5.74) is 0. The largest absolute Gasteiger partial charge is 0.392 e. The zero-order valence-electron chi connectivity index (χ0n) is 8.20. The van der Waals surface area contributed by atoms with E-state index in [0.717, 1.165) is 38.5 Å². The molecule has 2 fully saturated rings. The van der Waals surface area contributed by atoms with Gasteiger partial charge in [0.2, 0.25) is 0 Å². The van der Waals surface area contributed by atoms with Crippen molar-refractivity contribution < 1.29 is 10.2 Å². The molecule has 2 saturated carbocycles. The van der Waals surface area contributed by atoms with E-state index in [0.29, 0.717) is 0 Å². The lowest BCUT2D eigenvalue weighted by atomic mass is 10.3. The molecule has 84 valence electrons. The van der Waals surface area contributed by atoms with Gasteiger partial charge in [0.05, 0.1) is 23.0 Å². The first-order valence-corrected chi connectivity index (χ1v) is 6.13. The van der Waals surface area contributed by atoms with Gasteiger partial charge in [-0.15, -0.1) is 23.2 Å². The summed E-state index contributed by atoms with van der Waals surface area (Å²) in [5.74, 6) is 0. The Kier molecular flexibility index (Phi) is 5.53. The van der Waals surface area contributed by atoms with E-state index in [1.54, 1.807) is 0 Å². The molecule has 0 amide bonds. The van der Waals surface area contributed by atoms with Crippen LogP contribution in [0.4, 0.5) is 0 Å². The summed E-state index contributed by atoms with van der Waals surface area (Å²) in [6.45, 7) is 0. The van der Waals surface area contributed by atoms with Crippen LogP contribution in [0.5, 0.6) is 0 Å². The van der Waals surface area contributed by atoms with Crippen molar-refractivity contribution >= 4 is 23.2 Å². The molecule has 0 unspecified atom stereocenters. The lowest BCUT2D eigenvalue weighted by molar-refractivity contribution is 0.186. The summed E-state index contributed by atoms with van der Waals surface area (Å²) < 4.78 is 0. The summed E-state index contributed by atoms with van der Waals surface area (Å²) in [7, 11) is 0. The predicted octanol–water partition coefficient (Wildman–Crippen LogP) is 2.28. The first kappa shape index (κ1) is 12.6. The molecule has 2 aliphatic carbocycles. The molecular weight excluding hydrogens is 223 g/mol. The second-order valence-corrected chi connectivity index (χ2v) is 5.15. The average Bonchev–Trinajstić information content (AvgIpc) is 2.67. The van der Waals surface area contributed by atoms with E-state index >= 15 is 0 Å². The molecule has 0 aromatic rings. The minimum absolute atomic E-state index is 0.0417. The molecule has 0 aromatic heterocycles. The van der Waals surface area contributed by atoms with Crippen LogP contribution in [0.1, 0.15) is 38.5 Å². The third-order valence-corrected chi connectivity index (χ3v) is 3.81. The predicted molar refractivity (Wildman–Crippen MR) is 59.0 cm³/mol. The normalized spacial score (nSPS) is 42.0. The molecule has 0 aliphatic heterocycles. The van der Waals surface area contributed by atoms with E-state index in [9.17, 15) is 0 Å². The van der Waals surface area contributed by atoms with Crippen LogP contribution >= 0.6 is 23.2 Å². The number of aliphatic hydroxyl groups excluding tert-OH is 2. The molecule has 4 atom stereocenters. The Morgan fingerprint density at radius 1 is 0.714 bits per heavy atom. The average molecular weight is 241 g/mol.